The molecule has 10 heteroatoms. The van der Waals surface area contributed by atoms with E-state index >= 15 is 0 Å². The first-order chi connectivity index (χ1) is 9.87. The van der Waals surface area contributed by atoms with Gasteiger partial charge in [-0.05, 0) is 18.5 Å². The van der Waals surface area contributed by atoms with Crippen molar-refractivity contribution < 1.29 is 19.3 Å². The second kappa shape index (κ2) is 4.73. The lowest BCUT2D eigenvalue weighted by molar-refractivity contribution is -0.115. The second-order valence-corrected chi connectivity index (χ2v) is 5.41. The van der Waals surface area contributed by atoms with Gasteiger partial charge in [0.25, 0.3) is 0 Å². The maximum Gasteiger partial charge on any atom is 0.226 e. The molecule has 21 heavy (non-hydrogen) atoms. The van der Waals surface area contributed by atoms with Crippen LogP contribution in [0.1, 0.15) is 13.2 Å². The summed E-state index contributed by atoms with van der Waals surface area (Å²) in [6.07, 6.45) is -3.18. The van der Waals surface area contributed by atoms with Crippen molar-refractivity contribution in [3.05, 3.63) is 11.6 Å². The van der Waals surface area contributed by atoms with Crippen molar-refractivity contribution in [2.45, 2.75) is 31.0 Å². The lowest BCUT2D eigenvalue weighted by atomic mass is 9.99. The van der Waals surface area contributed by atoms with E-state index in [2.05, 4.69) is 15.0 Å². The van der Waals surface area contributed by atoms with Gasteiger partial charge in [-0.15, -0.1) is 0 Å². The molecule has 2 aromatic heterocycles. The van der Waals surface area contributed by atoms with Crippen LogP contribution >= 0.6 is 11.6 Å². The van der Waals surface area contributed by atoms with E-state index in [4.69, 9.17) is 22.1 Å². The zero-order valence-corrected chi connectivity index (χ0v) is 11.7. The molecule has 0 unspecified atom stereocenters. The van der Waals surface area contributed by atoms with Crippen LogP contribution in [0.3, 0.4) is 0 Å². The number of aliphatic hydroxyl groups excluding tert-OH is 2. The van der Waals surface area contributed by atoms with Gasteiger partial charge in [0.2, 0.25) is 5.28 Å². The molecule has 1 fully saturated rings. The highest BCUT2D eigenvalue weighted by Gasteiger charge is 2.53. The summed E-state index contributed by atoms with van der Waals surface area (Å²) in [6, 6.07) is 0. The molecule has 0 radical (unpaired) electrons. The number of nitrogens with zero attached hydrogens (tertiary/aromatic N) is 4. The number of hydrogen-bond donors (Lipinski definition) is 3. The van der Waals surface area contributed by atoms with Crippen LogP contribution in [0.2, 0.25) is 5.28 Å². The Balaban J connectivity index is 2.10. The highest BCUT2D eigenvalue weighted by Crippen LogP contribution is 2.39. The largest absolute Gasteiger partial charge is 0.393 e. The number of anilines is 1. The molecular weight excluding hydrogens is 305 g/mol. The first kappa shape index (κ1) is 14.4. The molecule has 3 rings (SSSR count). The minimum absolute atomic E-state index is 0.0580. The van der Waals surface area contributed by atoms with Crippen LogP contribution in [0, 0.1) is 0 Å². The Morgan fingerprint density at radius 3 is 2.90 bits per heavy atom. The van der Waals surface area contributed by atoms with Crippen LogP contribution in [0.5, 0.6) is 0 Å². The number of fused-ring (bicyclic) bond motifs is 1. The summed E-state index contributed by atoms with van der Waals surface area (Å²) in [5, 5.41) is 19.1. The van der Waals surface area contributed by atoms with Crippen LogP contribution in [0.4, 0.5) is 10.2 Å². The lowest BCUT2D eigenvalue weighted by Crippen LogP contribution is -2.42. The normalized spacial score (nSPS) is 32.9. The molecule has 1 aliphatic heterocycles. The van der Waals surface area contributed by atoms with Crippen molar-refractivity contribution in [2.24, 2.45) is 0 Å². The van der Waals surface area contributed by atoms with Crippen molar-refractivity contribution in [1.82, 2.24) is 19.5 Å². The van der Waals surface area contributed by atoms with E-state index in [1.807, 2.05) is 0 Å². The van der Waals surface area contributed by atoms with Gasteiger partial charge in [-0.25, -0.2) is 9.37 Å². The first-order valence-corrected chi connectivity index (χ1v) is 6.51. The maximum atomic E-state index is 14.3. The summed E-state index contributed by atoms with van der Waals surface area (Å²) in [5.41, 5.74) is 4.70. The third-order valence-corrected chi connectivity index (χ3v) is 3.77. The average Bonchev–Trinajstić information content (AvgIpc) is 2.95. The molecule has 4 atom stereocenters. The predicted octanol–water partition coefficient (Wildman–Crippen LogP) is 0.0407. The smallest absolute Gasteiger partial charge is 0.226 e. The minimum Gasteiger partial charge on any atom is -0.393 e. The Morgan fingerprint density at radius 2 is 2.29 bits per heavy atom. The molecule has 1 aliphatic rings. The molecule has 0 aliphatic carbocycles. The SMILES string of the molecule is C[C@]1(CO)O[C@@H](n2cnc3c(N)nc(Cl)nc32)[C@@H](F)[C@@H]1O. The Labute approximate surface area is 123 Å². The van der Waals surface area contributed by atoms with Crippen molar-refractivity contribution in [3.63, 3.8) is 0 Å². The summed E-state index contributed by atoms with van der Waals surface area (Å²) < 4.78 is 21.0. The van der Waals surface area contributed by atoms with Crippen LogP contribution in [0.15, 0.2) is 6.33 Å². The number of halogens is 2. The third kappa shape index (κ3) is 2.04. The molecule has 0 amide bonds. The van der Waals surface area contributed by atoms with E-state index in [9.17, 15) is 14.6 Å². The van der Waals surface area contributed by atoms with E-state index in [0.717, 1.165) is 0 Å². The quantitative estimate of drug-likeness (QED) is 0.669. The molecule has 4 N–H and O–H groups in total. The molecule has 0 bridgehead atoms. The fraction of sp³-hybridized carbons (Fsp3) is 0.545. The monoisotopic (exact) mass is 317 g/mol. The Hall–Kier alpha value is -1.55. The van der Waals surface area contributed by atoms with E-state index in [-0.39, 0.29) is 22.3 Å². The van der Waals surface area contributed by atoms with E-state index in [0.29, 0.717) is 0 Å². The summed E-state index contributed by atoms with van der Waals surface area (Å²) in [6.45, 7) is 0.884. The van der Waals surface area contributed by atoms with Gasteiger partial charge >= 0.3 is 0 Å². The predicted molar refractivity (Wildman–Crippen MR) is 71.3 cm³/mol. The Kier molecular flexibility index (Phi) is 3.24. The Bertz CT molecular complexity index is 698. The van der Waals surface area contributed by atoms with Gasteiger partial charge in [-0.1, -0.05) is 0 Å². The summed E-state index contributed by atoms with van der Waals surface area (Å²) in [7, 11) is 0. The van der Waals surface area contributed by atoms with Gasteiger partial charge in [0.15, 0.2) is 23.9 Å². The standard InChI is InChI=1S/C11H13ClFN5O3/c1-11(2-19)6(20)4(13)9(21-11)18-3-15-5-7(14)16-10(12)17-8(5)18/h3-4,6,9,19-20H,2H2,1H3,(H2,14,16,17)/t4-,6-,9+,11+/m0/s1. The molecule has 8 nitrogen and oxygen atoms in total. The number of nitrogens with two attached hydrogens (primary N) is 1. The van der Waals surface area contributed by atoms with E-state index < -0.39 is 30.7 Å². The summed E-state index contributed by atoms with van der Waals surface area (Å²) in [5.74, 6) is 0.0580. The average molecular weight is 318 g/mol. The van der Waals surface area contributed by atoms with Crippen molar-refractivity contribution in [2.75, 3.05) is 12.3 Å². The molecule has 1 saturated heterocycles. The fourth-order valence-electron chi connectivity index (χ4n) is 2.34. The van der Waals surface area contributed by atoms with Gasteiger partial charge in [-0.3, -0.25) is 4.57 Å². The van der Waals surface area contributed by atoms with Crippen LogP contribution in [-0.4, -0.2) is 54.2 Å². The highest BCUT2D eigenvalue weighted by molar-refractivity contribution is 6.28. The van der Waals surface area contributed by atoms with Gasteiger partial charge < -0.3 is 20.7 Å². The number of aliphatic hydroxyl groups is 2. The number of hydrogen-bond acceptors (Lipinski definition) is 7. The number of aromatic nitrogens is 4. The van der Waals surface area contributed by atoms with Gasteiger partial charge in [0.05, 0.1) is 12.9 Å². The van der Waals surface area contributed by atoms with Crippen molar-refractivity contribution >= 4 is 28.6 Å². The van der Waals surface area contributed by atoms with Crippen LogP contribution in [-0.2, 0) is 4.74 Å². The lowest BCUT2D eigenvalue weighted by Gasteiger charge is -2.24. The topological polar surface area (TPSA) is 119 Å². The molecule has 0 saturated carbocycles. The first-order valence-electron chi connectivity index (χ1n) is 6.14. The fourth-order valence-corrected chi connectivity index (χ4v) is 2.51. The third-order valence-electron chi connectivity index (χ3n) is 3.60. The van der Waals surface area contributed by atoms with E-state index in [1.54, 1.807) is 0 Å². The zero-order chi connectivity index (χ0) is 15.4. The Morgan fingerprint density at radius 1 is 1.57 bits per heavy atom. The molecule has 0 spiro atoms. The minimum atomic E-state index is -1.77. The molecular formula is C11H13ClFN5O3. The number of ether oxygens (including phenoxy) is 1. The zero-order valence-electron chi connectivity index (χ0n) is 10.9. The maximum absolute atomic E-state index is 14.3. The van der Waals surface area contributed by atoms with E-state index in [1.165, 1.54) is 17.8 Å². The van der Waals surface area contributed by atoms with Gasteiger partial charge in [-0.2, -0.15) is 9.97 Å². The number of imidazole rings is 1. The van der Waals surface area contributed by atoms with Gasteiger partial charge in [0.1, 0.15) is 17.2 Å². The second-order valence-electron chi connectivity index (χ2n) is 5.07. The number of nitrogen functional groups attached to an aromatic ring is 1. The van der Waals surface area contributed by atoms with Crippen molar-refractivity contribution in [1.29, 1.82) is 0 Å². The number of rotatable bonds is 2. The van der Waals surface area contributed by atoms with Crippen LogP contribution in [0.25, 0.3) is 11.2 Å². The van der Waals surface area contributed by atoms with Gasteiger partial charge in [0, 0.05) is 0 Å². The molecule has 2 aromatic rings. The molecule has 3 heterocycles. The van der Waals surface area contributed by atoms with Crippen molar-refractivity contribution in [3.8, 4) is 0 Å². The number of alkyl halides is 1. The summed E-state index contributed by atoms with van der Waals surface area (Å²) >= 11 is 5.74. The highest BCUT2D eigenvalue weighted by atomic mass is 35.5. The molecule has 114 valence electrons. The molecule has 0 aromatic carbocycles. The summed E-state index contributed by atoms with van der Waals surface area (Å²) in [4.78, 5) is 11.7. The van der Waals surface area contributed by atoms with Crippen LogP contribution < -0.4 is 5.73 Å².